The number of rotatable bonds is 4. The van der Waals surface area contributed by atoms with E-state index in [4.69, 9.17) is 9.47 Å². The molecule has 4 heteroatoms. The molecule has 0 aliphatic carbocycles. The molecule has 3 nitrogen and oxygen atoms in total. The third-order valence-electron chi connectivity index (χ3n) is 3.22. The van der Waals surface area contributed by atoms with E-state index in [1.807, 2.05) is 34.6 Å². The normalized spacial score (nSPS) is 10.6. The van der Waals surface area contributed by atoms with Crippen molar-refractivity contribution in [1.82, 2.24) is 0 Å². The molecule has 0 fully saturated rings. The van der Waals surface area contributed by atoms with Crippen LogP contribution in [0.4, 0.5) is 0 Å². The second-order valence-electron chi connectivity index (χ2n) is 4.23. The Morgan fingerprint density at radius 3 is 2.00 bits per heavy atom. The number of hydrogen-bond acceptors (Lipinski definition) is 3. The number of hydrogen-bond donors (Lipinski definition) is 0. The van der Waals surface area contributed by atoms with Crippen molar-refractivity contribution in [2.75, 3.05) is 13.4 Å². The second kappa shape index (κ2) is 6.52. The van der Waals surface area contributed by atoms with Gasteiger partial charge in [0.15, 0.2) is 6.79 Å². The van der Waals surface area contributed by atoms with Crippen molar-refractivity contribution < 1.29 is 14.3 Å². The third-order valence-corrected chi connectivity index (χ3v) is 4.83. The lowest BCUT2D eigenvalue weighted by Gasteiger charge is -2.16. The van der Waals surface area contributed by atoms with E-state index >= 15 is 0 Å². The summed E-state index contributed by atoms with van der Waals surface area (Å²) in [7, 11) is 0. The summed E-state index contributed by atoms with van der Waals surface area (Å²) in [6.45, 7) is 10.4. The molecule has 18 heavy (non-hydrogen) atoms. The van der Waals surface area contributed by atoms with E-state index in [-0.39, 0.29) is 12.8 Å². The number of halogens is 1. The van der Waals surface area contributed by atoms with Crippen LogP contribution in [0.2, 0.25) is 0 Å². The minimum absolute atomic E-state index is 0.0122. The van der Waals surface area contributed by atoms with Crippen LogP contribution in [0.1, 0.15) is 39.5 Å². The summed E-state index contributed by atoms with van der Waals surface area (Å²) in [5.41, 5.74) is 4.93. The fraction of sp³-hybridized carbons (Fsp3) is 0.500. The highest BCUT2D eigenvalue weighted by molar-refractivity contribution is 14.1. The van der Waals surface area contributed by atoms with E-state index in [9.17, 15) is 4.79 Å². The van der Waals surface area contributed by atoms with Crippen molar-refractivity contribution >= 4 is 28.6 Å². The average molecular weight is 362 g/mol. The third kappa shape index (κ3) is 3.03. The molecular weight excluding hydrogens is 343 g/mol. The van der Waals surface area contributed by atoms with Gasteiger partial charge in [0, 0.05) is 10.2 Å². The van der Waals surface area contributed by atoms with Crippen LogP contribution < -0.4 is 0 Å². The second-order valence-corrected chi connectivity index (χ2v) is 5.31. The topological polar surface area (TPSA) is 35.5 Å². The molecule has 0 heterocycles. The quantitative estimate of drug-likeness (QED) is 0.355. The fourth-order valence-electron chi connectivity index (χ4n) is 1.82. The fourth-order valence-corrected chi connectivity index (χ4v) is 2.63. The maximum atomic E-state index is 12.1. The van der Waals surface area contributed by atoms with Gasteiger partial charge in [0.05, 0.1) is 5.56 Å². The van der Waals surface area contributed by atoms with Crippen molar-refractivity contribution in [2.45, 2.75) is 34.6 Å². The van der Waals surface area contributed by atoms with Crippen LogP contribution >= 0.6 is 22.6 Å². The number of esters is 1. The van der Waals surface area contributed by atoms with Crippen LogP contribution in [0.15, 0.2) is 0 Å². The van der Waals surface area contributed by atoms with Gasteiger partial charge in [-0.15, -0.1) is 0 Å². The van der Waals surface area contributed by atoms with Crippen LogP contribution in [0.25, 0.3) is 0 Å². The molecule has 0 unspecified atom stereocenters. The highest BCUT2D eigenvalue weighted by Gasteiger charge is 2.19. The zero-order valence-electron chi connectivity index (χ0n) is 11.5. The molecule has 1 aromatic rings. The Morgan fingerprint density at radius 1 is 1.06 bits per heavy atom. The summed E-state index contributed by atoms with van der Waals surface area (Å²) >= 11 is 2.32. The van der Waals surface area contributed by atoms with Gasteiger partial charge in [-0.25, -0.2) is 4.79 Å². The van der Waals surface area contributed by atoms with Gasteiger partial charge in [0.1, 0.15) is 0 Å². The summed E-state index contributed by atoms with van der Waals surface area (Å²) in [5, 5.41) is 0. The lowest BCUT2D eigenvalue weighted by Crippen LogP contribution is -2.14. The molecule has 0 N–H and O–H groups in total. The van der Waals surface area contributed by atoms with Crippen LogP contribution in [-0.4, -0.2) is 19.4 Å². The molecule has 0 aromatic heterocycles. The van der Waals surface area contributed by atoms with E-state index < -0.39 is 0 Å². The van der Waals surface area contributed by atoms with Crippen LogP contribution in [0, 0.1) is 31.3 Å². The van der Waals surface area contributed by atoms with E-state index in [1.165, 1.54) is 3.57 Å². The van der Waals surface area contributed by atoms with Gasteiger partial charge < -0.3 is 9.47 Å². The first-order chi connectivity index (χ1) is 8.41. The zero-order valence-corrected chi connectivity index (χ0v) is 13.7. The molecule has 1 rings (SSSR count). The molecule has 0 saturated heterocycles. The SMILES string of the molecule is CCOCOC(=O)c1c(C)c(C)c(I)c(C)c1C. The van der Waals surface area contributed by atoms with Gasteiger partial charge in [0.25, 0.3) is 0 Å². The Bertz CT molecular complexity index is 438. The van der Waals surface area contributed by atoms with Crippen molar-refractivity contribution in [2.24, 2.45) is 0 Å². The molecule has 0 aliphatic rings. The Kier molecular flexibility index (Phi) is 5.59. The lowest BCUT2D eigenvalue weighted by atomic mass is 9.94. The van der Waals surface area contributed by atoms with Gasteiger partial charge >= 0.3 is 5.97 Å². The maximum absolute atomic E-state index is 12.1. The van der Waals surface area contributed by atoms with Gasteiger partial charge in [-0.2, -0.15) is 0 Å². The van der Waals surface area contributed by atoms with Gasteiger partial charge in [-0.05, 0) is 79.5 Å². The van der Waals surface area contributed by atoms with E-state index in [0.29, 0.717) is 12.2 Å². The van der Waals surface area contributed by atoms with Crippen molar-refractivity contribution in [3.63, 3.8) is 0 Å². The number of carbonyl (C=O) groups excluding carboxylic acids is 1. The zero-order chi connectivity index (χ0) is 13.9. The molecule has 0 aliphatic heterocycles. The summed E-state index contributed by atoms with van der Waals surface area (Å²) < 4.78 is 11.4. The standard InChI is InChI=1S/C14H19IO3/c1-6-17-7-18-14(16)12-8(2)10(4)13(15)11(5)9(12)3/h6-7H2,1-5H3. The molecule has 0 atom stereocenters. The van der Waals surface area contributed by atoms with Gasteiger partial charge in [-0.3, -0.25) is 0 Å². The molecule has 0 spiro atoms. The van der Waals surface area contributed by atoms with Crippen LogP contribution in [0.3, 0.4) is 0 Å². The lowest BCUT2D eigenvalue weighted by molar-refractivity contribution is -0.0275. The predicted octanol–water partition coefficient (Wildman–Crippen LogP) is 3.68. The Morgan fingerprint density at radius 2 is 1.56 bits per heavy atom. The molecule has 100 valence electrons. The smallest absolute Gasteiger partial charge is 0.340 e. The highest BCUT2D eigenvalue weighted by Crippen LogP contribution is 2.28. The summed E-state index contributed by atoms with van der Waals surface area (Å²) in [4.78, 5) is 12.1. The molecule has 0 saturated carbocycles. The minimum Gasteiger partial charge on any atom is -0.435 e. The molecule has 0 radical (unpaired) electrons. The van der Waals surface area contributed by atoms with Crippen molar-refractivity contribution in [3.05, 3.63) is 31.4 Å². The van der Waals surface area contributed by atoms with E-state index in [1.54, 1.807) is 0 Å². The van der Waals surface area contributed by atoms with Crippen LogP contribution in [0.5, 0.6) is 0 Å². The largest absolute Gasteiger partial charge is 0.435 e. The molecular formula is C14H19IO3. The molecule has 0 bridgehead atoms. The average Bonchev–Trinajstić information content (AvgIpc) is 2.34. The predicted molar refractivity (Wildman–Crippen MR) is 80.0 cm³/mol. The van der Waals surface area contributed by atoms with E-state index in [0.717, 1.165) is 22.3 Å². The minimum atomic E-state index is -0.305. The van der Waals surface area contributed by atoms with Gasteiger partial charge in [0.2, 0.25) is 0 Å². The highest BCUT2D eigenvalue weighted by atomic mass is 127. The first-order valence-corrected chi connectivity index (χ1v) is 7.00. The van der Waals surface area contributed by atoms with E-state index in [2.05, 4.69) is 22.6 Å². The van der Waals surface area contributed by atoms with Crippen molar-refractivity contribution in [1.29, 1.82) is 0 Å². The monoisotopic (exact) mass is 362 g/mol. The molecule has 1 aromatic carbocycles. The number of ether oxygens (including phenoxy) is 2. The van der Waals surface area contributed by atoms with Crippen molar-refractivity contribution in [3.8, 4) is 0 Å². The van der Waals surface area contributed by atoms with Gasteiger partial charge in [-0.1, -0.05) is 0 Å². The summed E-state index contributed by atoms with van der Waals surface area (Å²) in [6.07, 6.45) is 0. The number of benzene rings is 1. The Balaban J connectivity index is 3.13. The number of carbonyl (C=O) groups is 1. The summed E-state index contributed by atoms with van der Waals surface area (Å²) in [5.74, 6) is -0.305. The summed E-state index contributed by atoms with van der Waals surface area (Å²) in [6, 6.07) is 0. The maximum Gasteiger partial charge on any atom is 0.340 e. The first-order valence-electron chi connectivity index (χ1n) is 5.92. The molecule has 0 amide bonds. The Hall–Kier alpha value is -0.620. The van der Waals surface area contributed by atoms with Crippen LogP contribution in [-0.2, 0) is 9.47 Å². The first kappa shape index (κ1) is 15.4. The Labute approximate surface area is 122 Å².